The number of nitrogens with one attached hydrogen (secondary N) is 1. The lowest BCUT2D eigenvalue weighted by molar-refractivity contribution is 0.762. The average molecular weight is 151 g/mol. The third-order valence-corrected chi connectivity index (χ3v) is 2.02. The molecule has 0 heterocycles. The molecule has 0 bridgehead atoms. The van der Waals surface area contributed by atoms with Crippen LogP contribution in [0.5, 0.6) is 0 Å². The monoisotopic (exact) mass is 151 g/mol. The summed E-state index contributed by atoms with van der Waals surface area (Å²) in [5.74, 6) is 0. The maximum absolute atomic E-state index is 5.16. The molecule has 0 radical (unpaired) electrons. The number of rotatable bonds is 2. The molecule has 0 fully saturated rings. The molecule has 0 rings (SSSR count). The predicted molar refractivity (Wildman–Crippen MR) is 44.4 cm³/mol. The minimum atomic E-state index is -1.14. The van der Waals surface area contributed by atoms with E-state index in [1.54, 1.807) is 0 Å². The molecule has 0 unspecified atom stereocenters. The normalized spacial score (nSPS) is 12.6. The first-order valence-corrected chi connectivity index (χ1v) is 6.44. The van der Waals surface area contributed by atoms with Gasteiger partial charge in [-0.05, 0) is 27.2 Å². The molecule has 50 valence electrons. The van der Waals surface area contributed by atoms with Gasteiger partial charge in [0.1, 0.15) is 0 Å². The summed E-state index contributed by atoms with van der Waals surface area (Å²) < 4.78 is 0. The van der Waals surface area contributed by atoms with Crippen LogP contribution < -0.4 is 5.09 Å². The molecule has 0 aliphatic rings. The van der Waals surface area contributed by atoms with E-state index in [0.29, 0.717) is 6.04 Å². The molecular formula is C5H14NPS. The second kappa shape index (κ2) is 2.95. The summed E-state index contributed by atoms with van der Waals surface area (Å²) >= 11 is 5.16. The summed E-state index contributed by atoms with van der Waals surface area (Å²) in [4.78, 5) is 0. The van der Waals surface area contributed by atoms with Crippen LogP contribution in [-0.2, 0) is 11.8 Å². The highest BCUT2D eigenvalue weighted by atomic mass is 32.4. The summed E-state index contributed by atoms with van der Waals surface area (Å²) in [5, 5.41) is 3.31. The standard InChI is InChI=1S/C5H14NPS/c1-5(2)6-7(3,4)8/h5H,1-4H3,(H,6,8). The van der Waals surface area contributed by atoms with Gasteiger partial charge in [-0.1, -0.05) is 11.8 Å². The summed E-state index contributed by atoms with van der Waals surface area (Å²) in [5.41, 5.74) is 0. The molecule has 0 amide bonds. The maximum Gasteiger partial charge on any atom is 0.00675 e. The Kier molecular flexibility index (Phi) is 3.18. The summed E-state index contributed by atoms with van der Waals surface area (Å²) in [6.07, 6.45) is -1.14. The smallest absolute Gasteiger partial charge is 0.00675 e. The van der Waals surface area contributed by atoms with E-state index < -0.39 is 6.19 Å². The largest absolute Gasteiger partial charge is 0.286 e. The van der Waals surface area contributed by atoms with Gasteiger partial charge in [0.05, 0.1) is 0 Å². The minimum Gasteiger partial charge on any atom is -0.286 e. The lowest BCUT2D eigenvalue weighted by atomic mass is 10.4. The first kappa shape index (κ1) is 8.61. The average Bonchev–Trinajstić information content (AvgIpc) is 1.21. The molecular weight excluding hydrogens is 137 g/mol. The molecule has 1 N–H and O–H groups in total. The molecule has 0 aliphatic heterocycles. The van der Waals surface area contributed by atoms with Crippen LogP contribution in [0.15, 0.2) is 0 Å². The zero-order valence-electron chi connectivity index (χ0n) is 5.93. The fourth-order valence-corrected chi connectivity index (χ4v) is 2.50. The molecule has 0 atom stereocenters. The van der Waals surface area contributed by atoms with Gasteiger partial charge < -0.3 is 0 Å². The molecule has 0 aromatic heterocycles. The Morgan fingerprint density at radius 2 is 1.75 bits per heavy atom. The third-order valence-electron chi connectivity index (χ3n) is 0.569. The Hall–Kier alpha value is 0.610. The highest BCUT2D eigenvalue weighted by Crippen LogP contribution is 2.30. The maximum atomic E-state index is 5.16. The van der Waals surface area contributed by atoms with Crippen molar-refractivity contribution in [3.05, 3.63) is 0 Å². The lowest BCUT2D eigenvalue weighted by Gasteiger charge is -2.15. The summed E-state index contributed by atoms with van der Waals surface area (Å²) in [7, 11) is 0. The van der Waals surface area contributed by atoms with E-state index in [-0.39, 0.29) is 0 Å². The Bertz CT molecular complexity index is 105. The van der Waals surface area contributed by atoms with E-state index >= 15 is 0 Å². The minimum absolute atomic E-state index is 0.538. The predicted octanol–water partition coefficient (Wildman–Crippen LogP) is 1.64. The van der Waals surface area contributed by atoms with Crippen molar-refractivity contribution in [2.24, 2.45) is 0 Å². The van der Waals surface area contributed by atoms with E-state index in [2.05, 4.69) is 32.3 Å². The van der Waals surface area contributed by atoms with Gasteiger partial charge in [0, 0.05) is 12.2 Å². The molecule has 0 aromatic rings. The summed E-state index contributed by atoms with van der Waals surface area (Å²) in [6.45, 7) is 8.44. The van der Waals surface area contributed by atoms with Crippen LogP contribution in [0.4, 0.5) is 0 Å². The van der Waals surface area contributed by atoms with Crippen molar-refractivity contribution in [3.63, 3.8) is 0 Å². The molecule has 0 aliphatic carbocycles. The first-order chi connectivity index (χ1) is 3.42. The van der Waals surface area contributed by atoms with Crippen LogP contribution in [-0.4, -0.2) is 19.4 Å². The third kappa shape index (κ3) is 6.61. The van der Waals surface area contributed by atoms with Crippen molar-refractivity contribution < 1.29 is 0 Å². The first-order valence-electron chi connectivity index (χ1n) is 2.74. The molecule has 8 heavy (non-hydrogen) atoms. The van der Waals surface area contributed by atoms with Crippen LogP contribution in [0.25, 0.3) is 0 Å². The van der Waals surface area contributed by atoms with E-state index in [1.165, 1.54) is 0 Å². The molecule has 0 spiro atoms. The molecule has 0 aromatic carbocycles. The van der Waals surface area contributed by atoms with E-state index in [1.807, 2.05) is 0 Å². The Balaban J connectivity index is 3.56. The van der Waals surface area contributed by atoms with E-state index in [4.69, 9.17) is 11.8 Å². The number of hydrogen-bond acceptors (Lipinski definition) is 1. The Morgan fingerprint density at radius 1 is 1.38 bits per heavy atom. The van der Waals surface area contributed by atoms with Crippen molar-refractivity contribution in [1.82, 2.24) is 5.09 Å². The van der Waals surface area contributed by atoms with Gasteiger partial charge in [-0.25, -0.2) is 0 Å². The zero-order chi connectivity index (χ0) is 6.78. The van der Waals surface area contributed by atoms with Crippen LogP contribution in [0.1, 0.15) is 13.8 Å². The SMILES string of the molecule is CC(C)NP(C)(C)=S. The molecule has 0 saturated carbocycles. The van der Waals surface area contributed by atoms with Gasteiger partial charge >= 0.3 is 0 Å². The van der Waals surface area contributed by atoms with Crippen molar-refractivity contribution in [3.8, 4) is 0 Å². The Labute approximate surface area is 56.9 Å². The Morgan fingerprint density at radius 3 is 1.75 bits per heavy atom. The van der Waals surface area contributed by atoms with Crippen molar-refractivity contribution in [2.45, 2.75) is 19.9 Å². The zero-order valence-corrected chi connectivity index (χ0v) is 7.64. The molecule has 1 nitrogen and oxygen atoms in total. The fraction of sp³-hybridized carbons (Fsp3) is 1.00. The van der Waals surface area contributed by atoms with Crippen molar-refractivity contribution >= 4 is 18.0 Å². The fourth-order valence-electron chi connectivity index (χ4n) is 0.622. The van der Waals surface area contributed by atoms with Crippen LogP contribution in [0.2, 0.25) is 0 Å². The van der Waals surface area contributed by atoms with Gasteiger partial charge in [0.15, 0.2) is 0 Å². The van der Waals surface area contributed by atoms with Crippen LogP contribution in [0.3, 0.4) is 0 Å². The lowest BCUT2D eigenvalue weighted by Crippen LogP contribution is -2.17. The van der Waals surface area contributed by atoms with Crippen molar-refractivity contribution in [1.29, 1.82) is 0 Å². The second-order valence-corrected chi connectivity index (χ2v) is 8.33. The van der Waals surface area contributed by atoms with Gasteiger partial charge in [-0.15, -0.1) is 0 Å². The van der Waals surface area contributed by atoms with E-state index in [0.717, 1.165) is 0 Å². The second-order valence-electron chi connectivity index (χ2n) is 2.63. The van der Waals surface area contributed by atoms with Crippen molar-refractivity contribution in [2.75, 3.05) is 13.3 Å². The molecule has 0 saturated heterocycles. The number of hydrogen-bond donors (Lipinski definition) is 1. The van der Waals surface area contributed by atoms with Gasteiger partial charge in [-0.3, -0.25) is 5.09 Å². The molecule has 3 heteroatoms. The quantitative estimate of drug-likeness (QED) is 0.602. The van der Waals surface area contributed by atoms with Gasteiger partial charge in [0.2, 0.25) is 0 Å². The van der Waals surface area contributed by atoms with E-state index in [9.17, 15) is 0 Å². The highest BCUT2D eigenvalue weighted by Gasteiger charge is 2.00. The van der Waals surface area contributed by atoms with Crippen LogP contribution >= 0.6 is 6.19 Å². The van der Waals surface area contributed by atoms with Gasteiger partial charge in [-0.2, -0.15) is 0 Å². The van der Waals surface area contributed by atoms with Crippen LogP contribution in [0, 0.1) is 0 Å². The summed E-state index contributed by atoms with van der Waals surface area (Å²) in [6, 6.07) is 0.538. The van der Waals surface area contributed by atoms with Gasteiger partial charge in [0.25, 0.3) is 0 Å². The highest BCUT2D eigenvalue weighted by molar-refractivity contribution is 8.13. The topological polar surface area (TPSA) is 12.0 Å².